The molecule has 0 N–H and O–H groups in total. The van der Waals surface area contributed by atoms with E-state index < -0.39 is 52.9 Å². The van der Waals surface area contributed by atoms with E-state index in [-0.39, 0.29) is 6.92 Å². The van der Waals surface area contributed by atoms with E-state index in [9.17, 15) is 74.6 Å². The first-order chi connectivity index (χ1) is 12.2. The Kier molecular flexibility index (Phi) is 6.55. The van der Waals surface area contributed by atoms with E-state index in [1.165, 1.54) is 0 Å². The summed E-state index contributed by atoms with van der Waals surface area (Å²) in [6.07, 6.45) is -14.7. The Hall–Kier alpha value is -1.30. The number of rotatable bonds is 7. The van der Waals surface area contributed by atoms with Crippen LogP contribution in [0.1, 0.15) is 6.92 Å². The average molecular weight is 494 g/mol. The second kappa shape index (κ2) is 6.86. The van der Waals surface area contributed by atoms with Crippen molar-refractivity contribution in [2.24, 2.45) is 0 Å². The molecule has 0 unspecified atom stereocenters. The van der Waals surface area contributed by atoms with Crippen molar-refractivity contribution >= 4 is 17.3 Å². The van der Waals surface area contributed by atoms with E-state index in [4.69, 9.17) is 0 Å². The van der Waals surface area contributed by atoms with Crippen LogP contribution >= 0.6 is 12.2 Å². The molecular weight excluding hydrogens is 491 g/mol. The Morgan fingerprint density at radius 3 is 0.966 bits per heavy atom. The molecule has 0 aromatic heterocycles. The quantitative estimate of drug-likeness (QED) is 0.303. The first-order valence-electron chi connectivity index (χ1n) is 6.08. The normalized spacial score (nSPS) is 16.1. The number of halogens is 17. The van der Waals surface area contributed by atoms with Crippen molar-refractivity contribution < 1.29 is 79.4 Å². The monoisotopic (exact) mass is 494 g/mol. The van der Waals surface area contributed by atoms with Gasteiger partial charge in [0.05, 0.1) is 0 Å². The SMILES string of the molecule is CC(=S)OC(F)(F)C(F)(F)C(F)(F)C(F)(F)C(F)(F)C(F)(F)C(F)(F)C(F)(F)F. The number of hydrogen-bond acceptors (Lipinski definition) is 2. The van der Waals surface area contributed by atoms with Crippen LogP contribution in [0.4, 0.5) is 74.6 Å². The third kappa shape index (κ3) is 3.66. The van der Waals surface area contributed by atoms with Gasteiger partial charge >= 0.3 is 47.8 Å². The Bertz CT molecular complexity index is 633. The van der Waals surface area contributed by atoms with Crippen LogP contribution in [0.5, 0.6) is 0 Å². The fraction of sp³-hybridized carbons (Fsp3) is 0.900. The second-order valence-electron chi connectivity index (χ2n) is 5.05. The molecule has 0 aliphatic heterocycles. The number of alkyl halides is 17. The van der Waals surface area contributed by atoms with Crippen molar-refractivity contribution in [2.45, 2.75) is 54.7 Å². The lowest BCUT2D eigenvalue weighted by atomic mass is 9.90. The van der Waals surface area contributed by atoms with Crippen LogP contribution in [0, 0.1) is 0 Å². The second-order valence-corrected chi connectivity index (χ2v) is 5.63. The summed E-state index contributed by atoms with van der Waals surface area (Å²) in [7, 11) is 0. The van der Waals surface area contributed by atoms with Crippen molar-refractivity contribution in [1.82, 2.24) is 0 Å². The summed E-state index contributed by atoms with van der Waals surface area (Å²) in [4.78, 5) is 0. The molecule has 0 rings (SSSR count). The predicted octanol–water partition coefficient (Wildman–Crippen LogP) is 6.32. The lowest BCUT2D eigenvalue weighted by Gasteiger charge is -2.42. The maximum absolute atomic E-state index is 13.2. The van der Waals surface area contributed by atoms with Gasteiger partial charge in [-0.15, -0.1) is 0 Å². The smallest absolute Gasteiger partial charge is 0.421 e. The first kappa shape index (κ1) is 27.7. The molecule has 174 valence electrons. The zero-order valence-electron chi connectivity index (χ0n) is 12.7. The minimum Gasteiger partial charge on any atom is -0.421 e. The van der Waals surface area contributed by atoms with Crippen LogP contribution in [0.15, 0.2) is 0 Å². The molecule has 0 aromatic carbocycles. The summed E-state index contributed by atoms with van der Waals surface area (Å²) >= 11 is 3.59. The standard InChI is InChI=1S/C10H3F17OS/c1-2(29)28-10(26,27)8(21,22)6(17,18)4(13,14)3(11,12)5(15,16)7(19,20)9(23,24)25/h1H3. The molecule has 0 aliphatic carbocycles. The van der Waals surface area contributed by atoms with Crippen molar-refractivity contribution in [1.29, 1.82) is 0 Å². The molecule has 0 atom stereocenters. The predicted molar refractivity (Wildman–Crippen MR) is 60.0 cm³/mol. The van der Waals surface area contributed by atoms with Gasteiger partial charge in [0.2, 0.25) is 0 Å². The van der Waals surface area contributed by atoms with Crippen LogP contribution in [-0.2, 0) is 4.74 Å². The van der Waals surface area contributed by atoms with Gasteiger partial charge in [-0.3, -0.25) is 0 Å². The summed E-state index contributed by atoms with van der Waals surface area (Å²) in [6, 6.07) is 0. The summed E-state index contributed by atoms with van der Waals surface area (Å²) in [5, 5.41) is -1.80. The third-order valence-corrected chi connectivity index (χ3v) is 3.05. The van der Waals surface area contributed by atoms with Crippen molar-refractivity contribution in [3.8, 4) is 0 Å². The summed E-state index contributed by atoms with van der Waals surface area (Å²) in [5.41, 5.74) is 0. The van der Waals surface area contributed by atoms with E-state index >= 15 is 0 Å². The van der Waals surface area contributed by atoms with Gasteiger partial charge in [-0.1, -0.05) is 0 Å². The highest BCUT2D eigenvalue weighted by molar-refractivity contribution is 7.80. The molecule has 0 aromatic rings. The van der Waals surface area contributed by atoms with Crippen molar-refractivity contribution in [2.75, 3.05) is 0 Å². The molecule has 0 fully saturated rings. The molecule has 1 nitrogen and oxygen atoms in total. The van der Waals surface area contributed by atoms with Gasteiger partial charge in [-0.25, -0.2) is 0 Å². The maximum Gasteiger partial charge on any atom is 0.471 e. The van der Waals surface area contributed by atoms with Gasteiger partial charge in [0.15, 0.2) is 5.05 Å². The summed E-state index contributed by atoms with van der Waals surface area (Å²) in [6.45, 7) is 0.141. The topological polar surface area (TPSA) is 9.23 Å². The number of hydrogen-bond donors (Lipinski definition) is 0. The fourth-order valence-corrected chi connectivity index (χ4v) is 1.50. The molecule has 0 amide bonds. The van der Waals surface area contributed by atoms with E-state index in [2.05, 4.69) is 17.0 Å². The maximum atomic E-state index is 13.2. The molecule has 0 saturated heterocycles. The summed E-state index contributed by atoms with van der Waals surface area (Å²) < 4.78 is 220. The van der Waals surface area contributed by atoms with E-state index in [1.54, 1.807) is 0 Å². The van der Waals surface area contributed by atoms with Crippen LogP contribution < -0.4 is 0 Å². The van der Waals surface area contributed by atoms with Crippen LogP contribution in [0.25, 0.3) is 0 Å². The Morgan fingerprint density at radius 2 is 0.724 bits per heavy atom. The highest BCUT2D eigenvalue weighted by Gasteiger charge is 2.95. The van der Waals surface area contributed by atoms with Gasteiger partial charge < -0.3 is 4.74 Å². The van der Waals surface area contributed by atoms with E-state index in [0.29, 0.717) is 0 Å². The van der Waals surface area contributed by atoms with E-state index in [1.807, 2.05) is 0 Å². The van der Waals surface area contributed by atoms with Gasteiger partial charge in [0.25, 0.3) is 0 Å². The van der Waals surface area contributed by atoms with E-state index in [0.717, 1.165) is 0 Å². The highest BCUT2D eigenvalue weighted by atomic mass is 32.1. The molecule has 0 heterocycles. The van der Waals surface area contributed by atoms with Gasteiger partial charge in [-0.2, -0.15) is 74.6 Å². The van der Waals surface area contributed by atoms with Gasteiger partial charge in [0.1, 0.15) is 0 Å². The molecule has 0 radical (unpaired) electrons. The zero-order valence-corrected chi connectivity index (χ0v) is 13.6. The Balaban J connectivity index is 6.69. The Morgan fingerprint density at radius 1 is 0.483 bits per heavy atom. The minimum atomic E-state index is -8.66. The molecule has 0 bridgehead atoms. The molecule has 0 spiro atoms. The van der Waals surface area contributed by atoms with Crippen molar-refractivity contribution in [3.05, 3.63) is 0 Å². The largest absolute Gasteiger partial charge is 0.471 e. The molecule has 19 heteroatoms. The molecule has 0 aliphatic rings. The Labute approximate surface area is 152 Å². The molecule has 29 heavy (non-hydrogen) atoms. The average Bonchev–Trinajstić information content (AvgIpc) is 2.43. The number of thiocarbonyl (C=S) groups is 1. The van der Waals surface area contributed by atoms with Gasteiger partial charge in [0, 0.05) is 6.92 Å². The van der Waals surface area contributed by atoms with Crippen LogP contribution in [-0.4, -0.2) is 52.9 Å². The third-order valence-electron chi connectivity index (χ3n) is 2.97. The molecule has 0 saturated carbocycles. The van der Waals surface area contributed by atoms with Crippen LogP contribution in [0.2, 0.25) is 0 Å². The summed E-state index contributed by atoms with van der Waals surface area (Å²) in [5.74, 6) is -50.3. The zero-order chi connectivity index (χ0) is 24.3. The fourth-order valence-electron chi connectivity index (χ4n) is 1.39. The highest BCUT2D eigenvalue weighted by Crippen LogP contribution is 2.63. The minimum absolute atomic E-state index is 0.141. The number of ether oxygens (including phenoxy) is 1. The molecular formula is C10H3F17OS. The first-order valence-corrected chi connectivity index (χ1v) is 6.48. The van der Waals surface area contributed by atoms with Crippen LogP contribution in [0.3, 0.4) is 0 Å². The lowest BCUT2D eigenvalue weighted by molar-refractivity contribution is -0.472. The lowest BCUT2D eigenvalue weighted by Crippen LogP contribution is -2.74. The van der Waals surface area contributed by atoms with Gasteiger partial charge in [-0.05, 0) is 12.2 Å². The van der Waals surface area contributed by atoms with Crippen molar-refractivity contribution in [3.63, 3.8) is 0 Å².